The number of hydrogen-bond acceptors (Lipinski definition) is 3. The van der Waals surface area contributed by atoms with Crippen LogP contribution < -0.4 is 10.1 Å². The Bertz CT molecular complexity index is 1180. The minimum Gasteiger partial charge on any atom is -0.457 e. The van der Waals surface area contributed by atoms with Crippen LogP contribution in [-0.2, 0) is 5.92 Å². The van der Waals surface area contributed by atoms with Crippen LogP contribution >= 0.6 is 0 Å². The highest BCUT2D eigenvalue weighted by Gasteiger charge is 2.58. The normalized spacial score (nSPS) is 14.4. The Kier molecular flexibility index (Phi) is 7.94. The highest BCUT2D eigenvalue weighted by molar-refractivity contribution is 5.41. The van der Waals surface area contributed by atoms with Crippen molar-refractivity contribution in [1.82, 2.24) is 5.32 Å². The van der Waals surface area contributed by atoms with Gasteiger partial charge in [-0.25, -0.2) is 0 Å². The smallest absolute Gasteiger partial charge is 0.457 e. The first-order valence-corrected chi connectivity index (χ1v) is 10.6. The summed E-state index contributed by atoms with van der Waals surface area (Å²) in [5.41, 5.74) is -0.435. The second-order valence-corrected chi connectivity index (χ2v) is 8.09. The van der Waals surface area contributed by atoms with Gasteiger partial charge < -0.3 is 15.2 Å². The van der Waals surface area contributed by atoms with Crippen LogP contribution in [-0.4, -0.2) is 30.1 Å². The summed E-state index contributed by atoms with van der Waals surface area (Å²) >= 11 is 0. The fourth-order valence-corrected chi connectivity index (χ4v) is 3.42. The number of aliphatic hydroxyl groups is 1. The van der Waals surface area contributed by atoms with Gasteiger partial charge in [0.05, 0.1) is 6.04 Å². The van der Waals surface area contributed by atoms with E-state index in [0.717, 1.165) is 11.6 Å². The van der Waals surface area contributed by atoms with Crippen LogP contribution in [0.4, 0.5) is 35.1 Å². The van der Waals surface area contributed by atoms with E-state index in [1.165, 1.54) is 24.3 Å². The third-order valence-electron chi connectivity index (χ3n) is 5.25. The van der Waals surface area contributed by atoms with Gasteiger partial charge in [-0.15, -0.1) is 0 Å². The Labute approximate surface area is 201 Å². The molecule has 2 N–H and O–H groups in total. The molecular weight excluding hydrogens is 498 g/mol. The molecule has 3 nitrogen and oxygen atoms in total. The molecule has 0 fully saturated rings. The topological polar surface area (TPSA) is 41.5 Å². The highest BCUT2D eigenvalue weighted by Crippen LogP contribution is 2.44. The van der Waals surface area contributed by atoms with Gasteiger partial charge in [0.25, 0.3) is 0 Å². The van der Waals surface area contributed by atoms with Crippen LogP contribution in [0.2, 0.25) is 0 Å². The van der Waals surface area contributed by atoms with Crippen LogP contribution in [0.15, 0.2) is 72.8 Å². The summed E-state index contributed by atoms with van der Waals surface area (Å²) in [5, 5.41) is 11.8. The molecule has 36 heavy (non-hydrogen) atoms. The molecule has 0 amide bonds. The number of hydrogen-bond donors (Lipinski definition) is 2. The summed E-state index contributed by atoms with van der Waals surface area (Å²) in [5.74, 6) is -4.48. The predicted molar refractivity (Wildman–Crippen MR) is 116 cm³/mol. The van der Waals surface area contributed by atoms with Gasteiger partial charge in [-0.1, -0.05) is 42.5 Å². The third kappa shape index (κ3) is 6.52. The van der Waals surface area contributed by atoms with Gasteiger partial charge in [-0.2, -0.15) is 35.1 Å². The minimum absolute atomic E-state index is 0.168. The summed E-state index contributed by atoms with van der Waals surface area (Å²) in [6, 6.07) is 14.9. The van der Waals surface area contributed by atoms with E-state index in [1.54, 1.807) is 24.3 Å². The fraction of sp³-hybridized carbons (Fsp3) is 0.280. The quantitative estimate of drug-likeness (QED) is 0.314. The van der Waals surface area contributed by atoms with Crippen molar-refractivity contribution in [3.05, 3.63) is 95.1 Å². The summed E-state index contributed by atoms with van der Waals surface area (Å²) in [6.45, 7) is 0.788. The number of alkyl halides is 8. The maximum Gasteiger partial charge on any atom is 0.458 e. The van der Waals surface area contributed by atoms with E-state index in [-0.39, 0.29) is 16.9 Å². The Morgan fingerprint density at radius 1 is 0.778 bits per heavy atom. The molecule has 0 radical (unpaired) electrons. The molecule has 0 aliphatic rings. The number of rotatable bonds is 8. The zero-order valence-corrected chi connectivity index (χ0v) is 18.7. The zero-order valence-electron chi connectivity index (χ0n) is 18.7. The molecule has 11 heteroatoms. The maximum absolute atomic E-state index is 14.0. The van der Waals surface area contributed by atoms with Crippen molar-refractivity contribution < 1.29 is 45.0 Å². The van der Waals surface area contributed by atoms with E-state index in [0.29, 0.717) is 17.9 Å². The average Bonchev–Trinajstić information content (AvgIpc) is 2.78. The third-order valence-corrected chi connectivity index (χ3v) is 5.25. The molecule has 0 saturated heterocycles. The van der Waals surface area contributed by atoms with E-state index < -0.39 is 42.5 Å². The SMILES string of the molecule is Cc1cccc(Oc2cccc(C(NCC(O)C(F)(F)F)c3cccc(C(F)(F)C(F)(F)F)c3)c2)c1. The van der Waals surface area contributed by atoms with Gasteiger partial charge in [0.15, 0.2) is 6.10 Å². The van der Waals surface area contributed by atoms with Gasteiger partial charge in [0.1, 0.15) is 11.5 Å². The number of nitrogens with one attached hydrogen (secondary N) is 1. The lowest BCUT2D eigenvalue weighted by Gasteiger charge is -2.25. The molecule has 0 spiro atoms. The van der Waals surface area contributed by atoms with Gasteiger partial charge in [0.2, 0.25) is 0 Å². The standard InChI is InChI=1S/C25H21F8NO2/c1-15-5-2-9-19(11-15)36-20-10-4-7-17(13-20)22(34-14-21(35)24(28,29)30)16-6-3-8-18(12-16)23(26,27)25(31,32)33/h2-13,21-22,34-35H,14H2,1H3. The Morgan fingerprint density at radius 2 is 1.33 bits per heavy atom. The molecule has 2 unspecified atom stereocenters. The Morgan fingerprint density at radius 3 is 1.92 bits per heavy atom. The van der Waals surface area contributed by atoms with Gasteiger partial charge >= 0.3 is 18.3 Å². The molecular formula is C25H21F8NO2. The molecule has 3 aromatic rings. The summed E-state index contributed by atoms with van der Waals surface area (Å²) in [7, 11) is 0. The lowest BCUT2D eigenvalue weighted by Crippen LogP contribution is -2.40. The van der Waals surface area contributed by atoms with Crippen molar-refractivity contribution in [2.45, 2.75) is 37.3 Å². The van der Waals surface area contributed by atoms with Crippen LogP contribution in [0.3, 0.4) is 0 Å². The molecule has 0 aliphatic heterocycles. The number of ether oxygens (including phenoxy) is 1. The van der Waals surface area contributed by atoms with Crippen molar-refractivity contribution in [1.29, 1.82) is 0 Å². The number of aliphatic hydroxyl groups excluding tert-OH is 1. The predicted octanol–water partition coefficient (Wildman–Crippen LogP) is 7.04. The average molecular weight is 519 g/mol. The Hall–Kier alpha value is -3.18. The fourth-order valence-electron chi connectivity index (χ4n) is 3.42. The van der Waals surface area contributed by atoms with Gasteiger partial charge in [0, 0.05) is 12.1 Å². The first kappa shape index (κ1) is 27.4. The first-order chi connectivity index (χ1) is 16.7. The van der Waals surface area contributed by atoms with Crippen LogP contribution in [0.1, 0.15) is 28.3 Å². The maximum atomic E-state index is 14.0. The molecule has 0 heterocycles. The number of benzene rings is 3. The summed E-state index contributed by atoms with van der Waals surface area (Å²) in [4.78, 5) is 0. The van der Waals surface area contributed by atoms with Crippen molar-refractivity contribution in [2.75, 3.05) is 6.54 Å². The van der Waals surface area contributed by atoms with Gasteiger partial charge in [-0.3, -0.25) is 0 Å². The monoisotopic (exact) mass is 519 g/mol. The molecule has 0 saturated carbocycles. The molecule has 194 valence electrons. The lowest BCUT2D eigenvalue weighted by molar-refractivity contribution is -0.289. The van der Waals surface area contributed by atoms with Crippen molar-refractivity contribution in [3.8, 4) is 11.5 Å². The van der Waals surface area contributed by atoms with Crippen molar-refractivity contribution in [3.63, 3.8) is 0 Å². The molecule has 0 aromatic heterocycles. The largest absolute Gasteiger partial charge is 0.458 e. The molecule has 0 bridgehead atoms. The van der Waals surface area contributed by atoms with E-state index in [1.807, 2.05) is 13.0 Å². The van der Waals surface area contributed by atoms with E-state index in [2.05, 4.69) is 5.32 Å². The molecule has 2 atom stereocenters. The minimum atomic E-state index is -5.87. The first-order valence-electron chi connectivity index (χ1n) is 10.6. The van der Waals surface area contributed by atoms with Gasteiger partial charge in [-0.05, 0) is 53.9 Å². The van der Waals surface area contributed by atoms with Crippen molar-refractivity contribution >= 4 is 0 Å². The van der Waals surface area contributed by atoms with Crippen LogP contribution in [0, 0.1) is 6.92 Å². The van der Waals surface area contributed by atoms with E-state index >= 15 is 0 Å². The van der Waals surface area contributed by atoms with Crippen LogP contribution in [0.5, 0.6) is 11.5 Å². The second kappa shape index (κ2) is 10.4. The Balaban J connectivity index is 2.00. The molecule has 0 aliphatic carbocycles. The second-order valence-electron chi connectivity index (χ2n) is 8.09. The summed E-state index contributed by atoms with van der Waals surface area (Å²) < 4.78 is 111. The van der Waals surface area contributed by atoms with E-state index in [9.17, 15) is 40.2 Å². The number of halogens is 8. The highest BCUT2D eigenvalue weighted by atomic mass is 19.4. The number of aryl methyl sites for hydroxylation is 1. The lowest BCUT2D eigenvalue weighted by atomic mass is 9.95. The molecule has 3 rings (SSSR count). The van der Waals surface area contributed by atoms with E-state index in [4.69, 9.17) is 4.74 Å². The molecule has 3 aromatic carbocycles. The van der Waals surface area contributed by atoms with Crippen LogP contribution in [0.25, 0.3) is 0 Å². The summed E-state index contributed by atoms with van der Waals surface area (Å²) in [6.07, 6.45) is -13.6. The zero-order chi connectivity index (χ0) is 26.7. The van der Waals surface area contributed by atoms with Crippen molar-refractivity contribution in [2.24, 2.45) is 0 Å².